The van der Waals surface area contributed by atoms with Crippen molar-refractivity contribution in [1.29, 1.82) is 0 Å². The molecule has 6 nitrogen and oxygen atoms in total. The van der Waals surface area contributed by atoms with E-state index >= 15 is 0 Å². The fourth-order valence-electron chi connectivity index (χ4n) is 1.65. The third kappa shape index (κ3) is 3.24. The number of carbonyl (C=O) groups excluding carboxylic acids is 1. The monoisotopic (exact) mass is 307 g/mol. The van der Waals surface area contributed by atoms with Gasteiger partial charge >= 0.3 is 5.97 Å². The van der Waals surface area contributed by atoms with E-state index in [-0.39, 0.29) is 33.3 Å². The molecule has 2 aromatic rings. The highest BCUT2D eigenvalue weighted by atomic mass is 35.5. The van der Waals surface area contributed by atoms with Gasteiger partial charge in [-0.05, 0) is 36.4 Å². The molecule has 2 aromatic carbocycles. The van der Waals surface area contributed by atoms with Gasteiger partial charge in [-0.25, -0.2) is 4.79 Å². The molecular weight excluding hydrogens is 298 g/mol. The number of carboxylic acids is 1. The van der Waals surface area contributed by atoms with Crippen LogP contribution in [0.5, 0.6) is 11.5 Å². The summed E-state index contributed by atoms with van der Waals surface area (Å²) in [5, 5.41) is 30.2. The van der Waals surface area contributed by atoms with Gasteiger partial charge in [0.25, 0.3) is 5.91 Å². The van der Waals surface area contributed by atoms with Crippen LogP contribution in [-0.4, -0.2) is 27.2 Å². The van der Waals surface area contributed by atoms with Gasteiger partial charge in [0.2, 0.25) is 0 Å². The summed E-state index contributed by atoms with van der Waals surface area (Å²) in [4.78, 5) is 22.8. The Morgan fingerprint density at radius 1 is 1.05 bits per heavy atom. The molecular formula is C14H10ClNO5. The van der Waals surface area contributed by atoms with Crippen LogP contribution >= 0.6 is 11.6 Å². The topological polar surface area (TPSA) is 107 Å². The van der Waals surface area contributed by atoms with Crippen LogP contribution in [0.2, 0.25) is 5.02 Å². The highest BCUT2D eigenvalue weighted by Crippen LogP contribution is 2.26. The van der Waals surface area contributed by atoms with Crippen molar-refractivity contribution in [1.82, 2.24) is 0 Å². The summed E-state index contributed by atoms with van der Waals surface area (Å²) in [5.41, 5.74) is 0.0426. The quantitative estimate of drug-likeness (QED) is 0.652. The van der Waals surface area contributed by atoms with Gasteiger partial charge in [-0.1, -0.05) is 11.6 Å². The number of amides is 1. The SMILES string of the molecule is O=C(O)c1ccc(NC(=O)c2cc(O)ccc2O)c(Cl)c1. The van der Waals surface area contributed by atoms with E-state index in [9.17, 15) is 19.8 Å². The predicted octanol–water partition coefficient (Wildman–Crippen LogP) is 2.70. The lowest BCUT2D eigenvalue weighted by Gasteiger charge is -2.09. The summed E-state index contributed by atoms with van der Waals surface area (Å²) in [5.74, 6) is -2.30. The maximum absolute atomic E-state index is 12.0. The first-order valence-electron chi connectivity index (χ1n) is 5.74. The number of phenolic OH excluding ortho intramolecular Hbond substituents is 2. The summed E-state index contributed by atoms with van der Waals surface area (Å²) in [6.07, 6.45) is 0. The molecule has 0 fully saturated rings. The average Bonchev–Trinajstić information content (AvgIpc) is 2.43. The van der Waals surface area contributed by atoms with Crippen LogP contribution < -0.4 is 5.32 Å². The Balaban J connectivity index is 2.27. The number of aromatic carboxylic acids is 1. The first-order chi connectivity index (χ1) is 9.88. The fourth-order valence-corrected chi connectivity index (χ4v) is 1.87. The van der Waals surface area contributed by atoms with E-state index in [1.807, 2.05) is 0 Å². The zero-order valence-electron chi connectivity index (χ0n) is 10.5. The van der Waals surface area contributed by atoms with Crippen LogP contribution in [-0.2, 0) is 0 Å². The molecule has 0 unspecified atom stereocenters. The van der Waals surface area contributed by atoms with E-state index < -0.39 is 11.9 Å². The number of carbonyl (C=O) groups is 2. The summed E-state index contributed by atoms with van der Waals surface area (Å²) in [6.45, 7) is 0. The molecule has 4 N–H and O–H groups in total. The van der Waals surface area contributed by atoms with Gasteiger partial charge in [0, 0.05) is 0 Å². The van der Waals surface area contributed by atoms with Crippen molar-refractivity contribution in [3.63, 3.8) is 0 Å². The van der Waals surface area contributed by atoms with E-state index in [0.717, 1.165) is 6.07 Å². The molecule has 2 rings (SSSR count). The molecule has 0 radical (unpaired) electrons. The molecule has 0 aliphatic carbocycles. The van der Waals surface area contributed by atoms with Crippen molar-refractivity contribution < 1.29 is 24.9 Å². The molecule has 0 aliphatic rings. The summed E-state index contributed by atoms with van der Waals surface area (Å²) in [6, 6.07) is 7.34. The number of aromatic hydroxyl groups is 2. The first kappa shape index (κ1) is 14.7. The number of benzene rings is 2. The van der Waals surface area contributed by atoms with E-state index in [1.54, 1.807) is 0 Å². The van der Waals surface area contributed by atoms with Gasteiger partial charge in [-0.2, -0.15) is 0 Å². The molecule has 0 bridgehead atoms. The number of halogens is 1. The number of anilines is 1. The zero-order valence-corrected chi connectivity index (χ0v) is 11.3. The summed E-state index contributed by atoms with van der Waals surface area (Å²) in [7, 11) is 0. The maximum atomic E-state index is 12.0. The average molecular weight is 308 g/mol. The molecule has 0 aliphatic heterocycles. The van der Waals surface area contributed by atoms with Crippen LogP contribution in [0.3, 0.4) is 0 Å². The van der Waals surface area contributed by atoms with Gasteiger partial charge in [0.1, 0.15) is 11.5 Å². The summed E-state index contributed by atoms with van der Waals surface area (Å²) < 4.78 is 0. The largest absolute Gasteiger partial charge is 0.508 e. The van der Waals surface area contributed by atoms with Gasteiger partial charge in [0.15, 0.2) is 0 Å². The molecule has 0 heterocycles. The van der Waals surface area contributed by atoms with Gasteiger partial charge < -0.3 is 20.6 Å². The molecule has 0 saturated heterocycles. The molecule has 7 heteroatoms. The normalized spacial score (nSPS) is 10.1. The highest BCUT2D eigenvalue weighted by molar-refractivity contribution is 6.34. The van der Waals surface area contributed by atoms with Crippen LogP contribution in [0.4, 0.5) is 5.69 Å². The van der Waals surface area contributed by atoms with E-state index in [1.165, 1.54) is 30.3 Å². The fraction of sp³-hybridized carbons (Fsp3) is 0. The molecule has 1 amide bonds. The molecule has 0 aromatic heterocycles. The minimum atomic E-state index is -1.14. The molecule has 108 valence electrons. The van der Waals surface area contributed by atoms with E-state index in [2.05, 4.69) is 5.32 Å². The Morgan fingerprint density at radius 3 is 2.38 bits per heavy atom. The van der Waals surface area contributed by atoms with Gasteiger partial charge in [0.05, 0.1) is 21.8 Å². The second-order valence-corrected chi connectivity index (χ2v) is 4.56. The third-order valence-electron chi connectivity index (χ3n) is 2.69. The van der Waals surface area contributed by atoms with Crippen LogP contribution in [0.25, 0.3) is 0 Å². The number of rotatable bonds is 3. The lowest BCUT2D eigenvalue weighted by atomic mass is 10.1. The Labute approximate surface area is 124 Å². The lowest BCUT2D eigenvalue weighted by molar-refractivity contribution is 0.0696. The van der Waals surface area contributed by atoms with Crippen molar-refractivity contribution in [3.8, 4) is 11.5 Å². The molecule has 21 heavy (non-hydrogen) atoms. The van der Waals surface area contributed by atoms with E-state index in [0.29, 0.717) is 0 Å². The molecule has 0 atom stereocenters. The van der Waals surface area contributed by atoms with Crippen molar-refractivity contribution in [3.05, 3.63) is 52.5 Å². The number of nitrogens with one attached hydrogen (secondary N) is 1. The van der Waals surface area contributed by atoms with Crippen molar-refractivity contribution in [2.45, 2.75) is 0 Å². The number of phenols is 2. The van der Waals surface area contributed by atoms with E-state index in [4.69, 9.17) is 16.7 Å². The second-order valence-electron chi connectivity index (χ2n) is 4.16. The smallest absolute Gasteiger partial charge is 0.335 e. The maximum Gasteiger partial charge on any atom is 0.335 e. The van der Waals surface area contributed by atoms with Gasteiger partial charge in [-0.15, -0.1) is 0 Å². The highest BCUT2D eigenvalue weighted by Gasteiger charge is 2.14. The first-order valence-corrected chi connectivity index (χ1v) is 6.12. The summed E-state index contributed by atoms with van der Waals surface area (Å²) >= 11 is 5.89. The molecule has 0 saturated carbocycles. The van der Waals surface area contributed by atoms with Crippen LogP contribution in [0.15, 0.2) is 36.4 Å². The zero-order chi connectivity index (χ0) is 15.6. The number of carboxylic acid groups (broad SMARTS) is 1. The number of hydrogen-bond donors (Lipinski definition) is 4. The lowest BCUT2D eigenvalue weighted by Crippen LogP contribution is -2.12. The minimum absolute atomic E-state index is 0.0156. The van der Waals surface area contributed by atoms with Crippen LogP contribution in [0.1, 0.15) is 20.7 Å². The third-order valence-corrected chi connectivity index (χ3v) is 3.00. The Morgan fingerprint density at radius 2 is 1.76 bits per heavy atom. The van der Waals surface area contributed by atoms with Crippen molar-refractivity contribution >= 4 is 29.2 Å². The molecule has 0 spiro atoms. The minimum Gasteiger partial charge on any atom is -0.508 e. The Bertz CT molecular complexity index is 729. The standard InChI is InChI=1S/C14H10ClNO5/c15-10-5-7(14(20)21)1-3-11(10)16-13(19)9-6-8(17)2-4-12(9)18/h1-6,17-18H,(H,16,19)(H,20,21). The Hall–Kier alpha value is -2.73. The Kier molecular flexibility index (Phi) is 4.00. The van der Waals surface area contributed by atoms with Crippen LogP contribution in [0, 0.1) is 0 Å². The predicted molar refractivity (Wildman–Crippen MR) is 76.1 cm³/mol. The second kappa shape index (κ2) is 5.72. The van der Waals surface area contributed by atoms with Gasteiger partial charge in [-0.3, -0.25) is 4.79 Å². The van der Waals surface area contributed by atoms with Crippen molar-refractivity contribution in [2.24, 2.45) is 0 Å². The number of hydrogen-bond acceptors (Lipinski definition) is 4. The van der Waals surface area contributed by atoms with Crippen molar-refractivity contribution in [2.75, 3.05) is 5.32 Å².